The van der Waals surface area contributed by atoms with Gasteiger partial charge >= 0.3 is 0 Å². The summed E-state index contributed by atoms with van der Waals surface area (Å²) in [5, 5.41) is -0.155. The second-order valence-electron chi connectivity index (χ2n) is 6.00. The van der Waals surface area contributed by atoms with Crippen LogP contribution in [-0.2, 0) is 9.84 Å². The lowest BCUT2D eigenvalue weighted by Crippen LogP contribution is -2.44. The van der Waals surface area contributed by atoms with Gasteiger partial charge in [-0.05, 0) is 31.6 Å². The SMILES string of the molecule is CCCCCCC(NN)C1CCCC(S(C)(=O)=O)C1. The minimum absolute atomic E-state index is 0.155. The summed E-state index contributed by atoms with van der Waals surface area (Å²) >= 11 is 0. The van der Waals surface area contributed by atoms with Crippen molar-refractivity contribution in [1.82, 2.24) is 5.43 Å². The van der Waals surface area contributed by atoms with Gasteiger partial charge in [0.1, 0.15) is 9.84 Å². The van der Waals surface area contributed by atoms with Crippen molar-refractivity contribution >= 4 is 9.84 Å². The first-order valence-electron chi connectivity index (χ1n) is 7.64. The molecule has 0 radical (unpaired) electrons. The molecule has 19 heavy (non-hydrogen) atoms. The summed E-state index contributed by atoms with van der Waals surface area (Å²) in [5.41, 5.74) is 2.93. The number of sulfone groups is 1. The van der Waals surface area contributed by atoms with Gasteiger partial charge in [-0.1, -0.05) is 39.0 Å². The normalized spacial score (nSPS) is 26.3. The zero-order chi connectivity index (χ0) is 14.3. The van der Waals surface area contributed by atoms with Crippen molar-refractivity contribution in [2.75, 3.05) is 6.26 Å². The van der Waals surface area contributed by atoms with Gasteiger partial charge in [0.15, 0.2) is 0 Å². The third-order valence-electron chi connectivity index (χ3n) is 4.42. The molecule has 1 saturated carbocycles. The third-order valence-corrected chi connectivity index (χ3v) is 6.06. The third kappa shape index (κ3) is 5.79. The van der Waals surface area contributed by atoms with Crippen LogP contribution >= 0.6 is 0 Å². The Morgan fingerprint density at radius 2 is 2.00 bits per heavy atom. The Morgan fingerprint density at radius 1 is 1.26 bits per heavy atom. The maximum Gasteiger partial charge on any atom is 0.150 e. The molecule has 1 fully saturated rings. The molecule has 5 heteroatoms. The second-order valence-corrected chi connectivity index (χ2v) is 8.33. The van der Waals surface area contributed by atoms with Crippen molar-refractivity contribution in [1.29, 1.82) is 0 Å². The van der Waals surface area contributed by atoms with Gasteiger partial charge in [0, 0.05) is 12.3 Å². The van der Waals surface area contributed by atoms with Crippen LogP contribution in [0.3, 0.4) is 0 Å². The number of hydrazine groups is 1. The highest BCUT2D eigenvalue weighted by molar-refractivity contribution is 7.91. The van der Waals surface area contributed by atoms with Gasteiger partial charge < -0.3 is 0 Å². The predicted octanol–water partition coefficient (Wildman–Crippen LogP) is 2.39. The van der Waals surface area contributed by atoms with Crippen LogP contribution in [0.5, 0.6) is 0 Å². The quantitative estimate of drug-likeness (QED) is 0.409. The van der Waals surface area contributed by atoms with E-state index in [1.807, 2.05) is 0 Å². The Bertz CT molecular complexity index is 343. The molecular formula is C14H30N2O2S. The summed E-state index contributed by atoms with van der Waals surface area (Å²) < 4.78 is 23.4. The fourth-order valence-corrected chi connectivity index (χ4v) is 4.37. The van der Waals surface area contributed by atoms with E-state index in [0.29, 0.717) is 5.92 Å². The van der Waals surface area contributed by atoms with E-state index in [1.165, 1.54) is 31.9 Å². The standard InChI is InChI=1S/C14H30N2O2S/c1-3-4-5-6-10-14(16-15)12-8-7-9-13(11-12)19(2,17)18/h12-14,16H,3-11,15H2,1-2H3. The van der Waals surface area contributed by atoms with Gasteiger partial charge in [-0.15, -0.1) is 0 Å². The average Bonchev–Trinajstić information content (AvgIpc) is 2.38. The zero-order valence-electron chi connectivity index (χ0n) is 12.4. The van der Waals surface area contributed by atoms with Crippen molar-refractivity contribution in [3.8, 4) is 0 Å². The molecule has 0 amide bonds. The lowest BCUT2D eigenvalue weighted by atomic mass is 9.82. The van der Waals surface area contributed by atoms with Crippen molar-refractivity contribution in [3.05, 3.63) is 0 Å². The molecule has 3 atom stereocenters. The van der Waals surface area contributed by atoms with Crippen molar-refractivity contribution in [3.63, 3.8) is 0 Å². The lowest BCUT2D eigenvalue weighted by Gasteiger charge is -2.33. The minimum atomic E-state index is -2.90. The van der Waals surface area contributed by atoms with E-state index in [0.717, 1.165) is 32.1 Å². The second kappa shape index (κ2) is 8.22. The van der Waals surface area contributed by atoms with Gasteiger partial charge in [0.2, 0.25) is 0 Å². The summed E-state index contributed by atoms with van der Waals surface area (Å²) in [5.74, 6) is 6.09. The highest BCUT2D eigenvalue weighted by Crippen LogP contribution is 2.32. The summed E-state index contributed by atoms with van der Waals surface area (Å²) in [6.45, 7) is 2.20. The molecule has 114 valence electrons. The van der Waals surface area contributed by atoms with Crippen LogP contribution in [0.25, 0.3) is 0 Å². The lowest BCUT2D eigenvalue weighted by molar-refractivity contribution is 0.256. The first-order chi connectivity index (χ1) is 8.99. The van der Waals surface area contributed by atoms with Crippen molar-refractivity contribution in [2.24, 2.45) is 11.8 Å². The van der Waals surface area contributed by atoms with Gasteiger partial charge in [-0.3, -0.25) is 11.3 Å². The fraction of sp³-hybridized carbons (Fsp3) is 1.00. The molecule has 0 spiro atoms. The number of hydrogen-bond donors (Lipinski definition) is 2. The van der Waals surface area contributed by atoms with E-state index >= 15 is 0 Å². The summed E-state index contributed by atoms with van der Waals surface area (Å²) in [6.07, 6.45) is 11.1. The number of nitrogens with one attached hydrogen (secondary N) is 1. The van der Waals surface area contributed by atoms with Gasteiger partial charge in [-0.25, -0.2) is 8.42 Å². The molecule has 1 rings (SSSR count). The average molecular weight is 290 g/mol. The Hall–Kier alpha value is -0.130. The first kappa shape index (κ1) is 16.9. The first-order valence-corrected chi connectivity index (χ1v) is 9.59. The topological polar surface area (TPSA) is 72.2 Å². The fourth-order valence-electron chi connectivity index (χ4n) is 3.18. The number of nitrogens with two attached hydrogens (primary N) is 1. The van der Waals surface area contributed by atoms with Crippen LogP contribution in [0.1, 0.15) is 64.7 Å². The monoisotopic (exact) mass is 290 g/mol. The highest BCUT2D eigenvalue weighted by atomic mass is 32.2. The van der Waals surface area contributed by atoms with Crippen molar-refractivity contribution < 1.29 is 8.42 Å². The Labute approximate surface area is 118 Å². The Morgan fingerprint density at radius 3 is 2.58 bits per heavy atom. The molecule has 3 N–H and O–H groups in total. The Balaban J connectivity index is 2.46. The zero-order valence-corrected chi connectivity index (χ0v) is 13.2. The van der Waals surface area contributed by atoms with Crippen LogP contribution in [0.4, 0.5) is 0 Å². The molecule has 4 nitrogen and oxygen atoms in total. The molecule has 0 aromatic rings. The predicted molar refractivity (Wildman–Crippen MR) is 80.5 cm³/mol. The van der Waals surface area contributed by atoms with Crippen LogP contribution < -0.4 is 11.3 Å². The van der Waals surface area contributed by atoms with Crippen LogP contribution in [0.15, 0.2) is 0 Å². The van der Waals surface area contributed by atoms with E-state index in [1.54, 1.807) is 0 Å². The number of hydrogen-bond acceptors (Lipinski definition) is 4. The number of rotatable bonds is 8. The molecule has 0 aromatic carbocycles. The van der Waals surface area contributed by atoms with Crippen LogP contribution in [-0.4, -0.2) is 26.0 Å². The van der Waals surface area contributed by atoms with E-state index in [9.17, 15) is 8.42 Å². The van der Waals surface area contributed by atoms with E-state index in [4.69, 9.17) is 5.84 Å². The molecule has 3 unspecified atom stereocenters. The Kier molecular flexibility index (Phi) is 7.32. The van der Waals surface area contributed by atoms with Crippen LogP contribution in [0, 0.1) is 5.92 Å². The molecule has 0 aromatic heterocycles. The molecule has 0 aliphatic heterocycles. The van der Waals surface area contributed by atoms with Gasteiger partial charge in [-0.2, -0.15) is 0 Å². The number of unbranched alkanes of at least 4 members (excludes halogenated alkanes) is 3. The van der Waals surface area contributed by atoms with Crippen LogP contribution in [0.2, 0.25) is 0 Å². The van der Waals surface area contributed by atoms with Gasteiger partial charge in [0.05, 0.1) is 5.25 Å². The van der Waals surface area contributed by atoms with E-state index < -0.39 is 9.84 Å². The smallest absolute Gasteiger partial charge is 0.150 e. The maximum atomic E-state index is 11.7. The molecule has 0 heterocycles. The molecular weight excluding hydrogens is 260 g/mol. The van der Waals surface area contributed by atoms with Crippen molar-refractivity contribution in [2.45, 2.75) is 76.0 Å². The molecule has 0 bridgehead atoms. The van der Waals surface area contributed by atoms with Gasteiger partial charge in [0.25, 0.3) is 0 Å². The summed E-state index contributed by atoms with van der Waals surface area (Å²) in [7, 11) is -2.90. The molecule has 1 aliphatic carbocycles. The molecule has 0 saturated heterocycles. The van der Waals surface area contributed by atoms with E-state index in [2.05, 4.69) is 12.3 Å². The molecule has 1 aliphatic rings. The maximum absolute atomic E-state index is 11.7. The summed E-state index contributed by atoms with van der Waals surface area (Å²) in [4.78, 5) is 0. The minimum Gasteiger partial charge on any atom is -0.271 e. The highest BCUT2D eigenvalue weighted by Gasteiger charge is 2.32. The van der Waals surface area contributed by atoms with E-state index in [-0.39, 0.29) is 11.3 Å². The summed E-state index contributed by atoms with van der Waals surface area (Å²) in [6, 6.07) is 0.279. The largest absolute Gasteiger partial charge is 0.271 e.